The summed E-state index contributed by atoms with van der Waals surface area (Å²) in [6.07, 6.45) is 2.68. The van der Waals surface area contributed by atoms with Crippen LogP contribution in [0.5, 0.6) is 0 Å². The van der Waals surface area contributed by atoms with Crippen LogP contribution in [-0.2, 0) is 10.0 Å². The minimum atomic E-state index is -3.54. The van der Waals surface area contributed by atoms with Gasteiger partial charge in [-0.2, -0.15) is 0 Å². The van der Waals surface area contributed by atoms with E-state index in [1.807, 2.05) is 0 Å². The summed E-state index contributed by atoms with van der Waals surface area (Å²) in [6.45, 7) is 0. The highest BCUT2D eigenvalue weighted by Crippen LogP contribution is 2.21. The van der Waals surface area contributed by atoms with Gasteiger partial charge < -0.3 is 5.11 Å². The number of sulfonamides is 1. The Hall–Kier alpha value is -0.430. The third kappa shape index (κ3) is 3.32. The van der Waals surface area contributed by atoms with Crippen molar-refractivity contribution >= 4 is 26.0 Å². The van der Waals surface area contributed by atoms with E-state index in [-0.39, 0.29) is 10.9 Å². The Morgan fingerprint density at radius 3 is 2.39 bits per heavy atom. The Morgan fingerprint density at radius 1 is 1.17 bits per heavy atom. The number of halogens is 1. The Morgan fingerprint density at radius 2 is 1.78 bits per heavy atom. The van der Waals surface area contributed by atoms with Crippen LogP contribution in [0.4, 0.5) is 0 Å². The van der Waals surface area contributed by atoms with Gasteiger partial charge in [0.15, 0.2) is 0 Å². The molecule has 18 heavy (non-hydrogen) atoms. The first kappa shape index (κ1) is 14.0. The SMILES string of the molecule is O=S(=O)(N[C@@H]1CCCC[C@H]1O)c1ccc(Br)cc1. The van der Waals surface area contributed by atoms with Gasteiger partial charge in [0.2, 0.25) is 10.0 Å². The van der Waals surface area contributed by atoms with Crippen LogP contribution in [0.25, 0.3) is 0 Å². The number of nitrogens with one attached hydrogen (secondary N) is 1. The first-order valence-corrected chi connectivity index (χ1v) is 8.22. The van der Waals surface area contributed by atoms with Crippen molar-refractivity contribution in [1.82, 2.24) is 4.72 Å². The van der Waals surface area contributed by atoms with Gasteiger partial charge in [-0.25, -0.2) is 13.1 Å². The normalized spacial score (nSPS) is 25.0. The number of aliphatic hydroxyl groups is 1. The van der Waals surface area contributed by atoms with Crippen molar-refractivity contribution in [3.63, 3.8) is 0 Å². The molecule has 2 N–H and O–H groups in total. The standard InChI is InChI=1S/C12H16BrNO3S/c13-9-5-7-10(8-6-9)18(16,17)14-11-3-1-2-4-12(11)15/h5-8,11-12,14-15H,1-4H2/t11-,12-/m1/s1. The molecular formula is C12H16BrNO3S. The lowest BCUT2D eigenvalue weighted by molar-refractivity contribution is 0.101. The third-order valence-electron chi connectivity index (χ3n) is 3.16. The van der Waals surface area contributed by atoms with Crippen LogP contribution >= 0.6 is 15.9 Å². The molecule has 2 rings (SSSR count). The molecule has 0 radical (unpaired) electrons. The Kier molecular flexibility index (Phi) is 4.42. The maximum atomic E-state index is 12.1. The molecule has 0 spiro atoms. The molecule has 0 saturated heterocycles. The van der Waals surface area contributed by atoms with E-state index in [0.29, 0.717) is 12.8 Å². The smallest absolute Gasteiger partial charge is 0.240 e. The second-order valence-corrected chi connectivity index (χ2v) is 7.16. The molecule has 0 unspecified atom stereocenters. The summed E-state index contributed by atoms with van der Waals surface area (Å²) >= 11 is 3.27. The monoisotopic (exact) mass is 333 g/mol. The number of hydrogen-bond acceptors (Lipinski definition) is 3. The molecule has 0 aliphatic heterocycles. The fourth-order valence-electron chi connectivity index (χ4n) is 2.13. The zero-order chi connectivity index (χ0) is 13.2. The summed E-state index contributed by atoms with van der Waals surface area (Å²) in [7, 11) is -3.54. The molecule has 4 nitrogen and oxygen atoms in total. The number of benzene rings is 1. The molecule has 1 aromatic rings. The summed E-state index contributed by atoms with van der Waals surface area (Å²) in [6, 6.07) is 6.09. The van der Waals surface area contributed by atoms with Gasteiger partial charge in [0.1, 0.15) is 0 Å². The van der Waals surface area contributed by atoms with E-state index in [9.17, 15) is 13.5 Å². The molecule has 2 atom stereocenters. The van der Waals surface area contributed by atoms with Gasteiger partial charge in [-0.15, -0.1) is 0 Å². The molecule has 0 bridgehead atoms. The van der Waals surface area contributed by atoms with Gasteiger partial charge in [-0.05, 0) is 37.1 Å². The van der Waals surface area contributed by atoms with Crippen molar-refractivity contribution in [1.29, 1.82) is 0 Å². The third-order valence-corrected chi connectivity index (χ3v) is 5.19. The van der Waals surface area contributed by atoms with Crippen LogP contribution in [-0.4, -0.2) is 25.7 Å². The summed E-state index contributed by atoms with van der Waals surface area (Å²) in [5.41, 5.74) is 0. The Labute approximate surface area is 116 Å². The molecule has 1 fully saturated rings. The second-order valence-electron chi connectivity index (χ2n) is 4.53. The highest BCUT2D eigenvalue weighted by atomic mass is 79.9. The highest BCUT2D eigenvalue weighted by Gasteiger charge is 2.27. The van der Waals surface area contributed by atoms with Crippen molar-refractivity contribution in [2.75, 3.05) is 0 Å². The van der Waals surface area contributed by atoms with Gasteiger partial charge >= 0.3 is 0 Å². The zero-order valence-corrected chi connectivity index (χ0v) is 12.2. The van der Waals surface area contributed by atoms with Crippen LogP contribution in [0, 0.1) is 0 Å². The van der Waals surface area contributed by atoms with Crippen LogP contribution in [0.1, 0.15) is 25.7 Å². The first-order valence-electron chi connectivity index (χ1n) is 5.95. The molecule has 1 aromatic carbocycles. The van der Waals surface area contributed by atoms with E-state index in [0.717, 1.165) is 17.3 Å². The molecular weight excluding hydrogens is 318 g/mol. The van der Waals surface area contributed by atoms with E-state index in [1.165, 1.54) is 0 Å². The molecule has 6 heteroatoms. The molecule has 100 valence electrons. The molecule has 1 aliphatic rings. The summed E-state index contributed by atoms with van der Waals surface area (Å²) in [4.78, 5) is 0.225. The van der Waals surface area contributed by atoms with Crippen molar-refractivity contribution in [3.05, 3.63) is 28.7 Å². The topological polar surface area (TPSA) is 66.4 Å². The minimum Gasteiger partial charge on any atom is -0.391 e. The molecule has 0 amide bonds. The summed E-state index contributed by atoms with van der Waals surface area (Å²) in [5.74, 6) is 0. The van der Waals surface area contributed by atoms with Crippen LogP contribution in [0.2, 0.25) is 0 Å². The van der Waals surface area contributed by atoms with Gasteiger partial charge in [0.25, 0.3) is 0 Å². The lowest BCUT2D eigenvalue weighted by atomic mass is 9.93. The van der Waals surface area contributed by atoms with Crippen LogP contribution < -0.4 is 4.72 Å². The lowest BCUT2D eigenvalue weighted by Crippen LogP contribution is -2.44. The van der Waals surface area contributed by atoms with E-state index >= 15 is 0 Å². The van der Waals surface area contributed by atoms with Gasteiger partial charge in [-0.3, -0.25) is 0 Å². The van der Waals surface area contributed by atoms with Gasteiger partial charge in [0.05, 0.1) is 11.0 Å². The fraction of sp³-hybridized carbons (Fsp3) is 0.500. The van der Waals surface area contributed by atoms with Gasteiger partial charge in [-0.1, -0.05) is 28.8 Å². The van der Waals surface area contributed by atoms with E-state index in [4.69, 9.17) is 0 Å². The largest absolute Gasteiger partial charge is 0.391 e. The molecule has 1 aliphatic carbocycles. The van der Waals surface area contributed by atoms with E-state index in [1.54, 1.807) is 24.3 Å². The summed E-state index contributed by atoms with van der Waals surface area (Å²) in [5, 5.41) is 9.79. The predicted molar refractivity (Wildman–Crippen MR) is 72.7 cm³/mol. The van der Waals surface area contributed by atoms with E-state index < -0.39 is 16.1 Å². The maximum Gasteiger partial charge on any atom is 0.240 e. The van der Waals surface area contributed by atoms with Crippen molar-refractivity contribution in [2.24, 2.45) is 0 Å². The zero-order valence-electron chi connectivity index (χ0n) is 9.84. The van der Waals surface area contributed by atoms with Gasteiger partial charge in [0, 0.05) is 10.5 Å². The molecule has 0 aromatic heterocycles. The lowest BCUT2D eigenvalue weighted by Gasteiger charge is -2.28. The van der Waals surface area contributed by atoms with Crippen molar-refractivity contribution in [2.45, 2.75) is 42.7 Å². The first-order chi connectivity index (χ1) is 8.49. The van der Waals surface area contributed by atoms with Crippen LogP contribution in [0.3, 0.4) is 0 Å². The number of aliphatic hydroxyl groups excluding tert-OH is 1. The average molecular weight is 334 g/mol. The number of hydrogen-bond donors (Lipinski definition) is 2. The highest BCUT2D eigenvalue weighted by molar-refractivity contribution is 9.10. The minimum absolute atomic E-state index is 0.225. The fourth-order valence-corrected chi connectivity index (χ4v) is 3.70. The second kappa shape index (κ2) is 5.69. The predicted octanol–water partition coefficient (Wildman–Crippen LogP) is 2.03. The van der Waals surface area contributed by atoms with Crippen molar-refractivity contribution in [3.8, 4) is 0 Å². The molecule has 1 saturated carbocycles. The molecule has 0 heterocycles. The Balaban J connectivity index is 2.13. The average Bonchev–Trinajstić information content (AvgIpc) is 2.32. The Bertz CT molecular complexity index is 501. The summed E-state index contributed by atoms with van der Waals surface area (Å²) < 4.78 is 27.7. The maximum absolute atomic E-state index is 12.1. The van der Waals surface area contributed by atoms with Crippen molar-refractivity contribution < 1.29 is 13.5 Å². The number of rotatable bonds is 3. The van der Waals surface area contributed by atoms with Crippen LogP contribution in [0.15, 0.2) is 33.6 Å². The van der Waals surface area contributed by atoms with E-state index in [2.05, 4.69) is 20.7 Å². The quantitative estimate of drug-likeness (QED) is 0.889.